The Labute approximate surface area is 118 Å². The third-order valence-electron chi connectivity index (χ3n) is 3.57. The Morgan fingerprint density at radius 1 is 1.30 bits per heavy atom. The fraction of sp³-hybridized carbons (Fsp3) is 0.467. The van der Waals surface area contributed by atoms with Crippen molar-refractivity contribution in [3.05, 3.63) is 35.4 Å². The molecule has 1 aliphatic rings. The first kappa shape index (κ1) is 14.5. The van der Waals surface area contributed by atoms with E-state index < -0.39 is 6.04 Å². The Kier molecular flexibility index (Phi) is 3.81. The summed E-state index contributed by atoms with van der Waals surface area (Å²) in [6.45, 7) is 6.67. The second kappa shape index (κ2) is 5.25. The Balaban J connectivity index is 2.05. The maximum absolute atomic E-state index is 12.1. The highest BCUT2D eigenvalue weighted by Crippen LogP contribution is 2.22. The van der Waals surface area contributed by atoms with E-state index in [0.29, 0.717) is 12.1 Å². The largest absolute Gasteiger partial charge is 0.348 e. The van der Waals surface area contributed by atoms with E-state index in [1.54, 1.807) is 12.1 Å². The molecular formula is C15H21N3O2. The summed E-state index contributed by atoms with van der Waals surface area (Å²) in [4.78, 5) is 23.5. The van der Waals surface area contributed by atoms with E-state index in [2.05, 4.69) is 31.4 Å². The second-order valence-corrected chi connectivity index (χ2v) is 6.13. The minimum atomic E-state index is -0.519. The van der Waals surface area contributed by atoms with Crippen molar-refractivity contribution in [2.24, 2.45) is 5.73 Å². The van der Waals surface area contributed by atoms with Gasteiger partial charge in [-0.3, -0.25) is 9.59 Å². The molecule has 0 radical (unpaired) electrons. The normalized spacial score (nSPS) is 21.9. The smallest absolute Gasteiger partial charge is 0.251 e. The number of carbonyl (C=O) groups excluding carboxylic acids is 2. The van der Waals surface area contributed by atoms with Crippen LogP contribution in [0.25, 0.3) is 0 Å². The van der Waals surface area contributed by atoms with E-state index in [1.807, 2.05) is 12.1 Å². The Hall–Kier alpha value is -1.88. The average Bonchev–Trinajstić information content (AvgIpc) is 2.41. The van der Waals surface area contributed by atoms with Crippen molar-refractivity contribution < 1.29 is 9.59 Å². The highest BCUT2D eigenvalue weighted by atomic mass is 16.2. The Bertz CT molecular complexity index is 517. The molecule has 1 saturated heterocycles. The lowest BCUT2D eigenvalue weighted by Gasteiger charge is -2.36. The highest BCUT2D eigenvalue weighted by molar-refractivity contribution is 5.99. The molecule has 2 amide bonds. The van der Waals surface area contributed by atoms with Crippen LogP contribution >= 0.6 is 0 Å². The molecule has 0 bridgehead atoms. The molecule has 1 fully saturated rings. The van der Waals surface area contributed by atoms with Crippen LogP contribution in [0.3, 0.4) is 0 Å². The number of β-lactam (4-membered cyclic amide) rings is 1. The lowest BCUT2D eigenvalue weighted by atomic mass is 9.86. The summed E-state index contributed by atoms with van der Waals surface area (Å²) in [7, 11) is 0. The van der Waals surface area contributed by atoms with Gasteiger partial charge in [-0.25, -0.2) is 0 Å². The van der Waals surface area contributed by atoms with Crippen molar-refractivity contribution in [2.75, 3.05) is 6.54 Å². The first-order valence-corrected chi connectivity index (χ1v) is 6.75. The summed E-state index contributed by atoms with van der Waals surface area (Å²) in [6, 6.07) is 6.76. The third-order valence-corrected chi connectivity index (χ3v) is 3.57. The van der Waals surface area contributed by atoms with Gasteiger partial charge in [0.05, 0.1) is 6.04 Å². The summed E-state index contributed by atoms with van der Waals surface area (Å²) in [6.07, 6.45) is 0. The first-order chi connectivity index (χ1) is 9.32. The monoisotopic (exact) mass is 275 g/mol. The quantitative estimate of drug-likeness (QED) is 0.704. The van der Waals surface area contributed by atoms with Crippen molar-refractivity contribution in [3.8, 4) is 0 Å². The van der Waals surface area contributed by atoms with Crippen molar-refractivity contribution in [3.63, 3.8) is 0 Å². The summed E-state index contributed by atoms with van der Waals surface area (Å²) >= 11 is 0. The van der Waals surface area contributed by atoms with Crippen LogP contribution < -0.4 is 16.4 Å². The zero-order valence-electron chi connectivity index (χ0n) is 12.1. The molecule has 1 aromatic carbocycles. The van der Waals surface area contributed by atoms with Gasteiger partial charge >= 0.3 is 0 Å². The molecule has 0 aromatic heterocycles. The van der Waals surface area contributed by atoms with E-state index in [-0.39, 0.29) is 23.3 Å². The zero-order valence-corrected chi connectivity index (χ0v) is 12.1. The van der Waals surface area contributed by atoms with Gasteiger partial charge in [0.25, 0.3) is 5.91 Å². The molecule has 0 aliphatic carbocycles. The lowest BCUT2D eigenvalue weighted by molar-refractivity contribution is -0.131. The number of carbonyl (C=O) groups is 2. The molecule has 108 valence electrons. The van der Waals surface area contributed by atoms with Crippen molar-refractivity contribution in [1.29, 1.82) is 0 Å². The summed E-state index contributed by atoms with van der Waals surface area (Å²) in [5.41, 5.74) is 7.26. The van der Waals surface area contributed by atoms with Gasteiger partial charge in [-0.15, -0.1) is 0 Å². The van der Waals surface area contributed by atoms with Crippen LogP contribution in [0.15, 0.2) is 24.3 Å². The van der Waals surface area contributed by atoms with Crippen molar-refractivity contribution in [2.45, 2.75) is 38.3 Å². The van der Waals surface area contributed by atoms with Crippen LogP contribution in [0.4, 0.5) is 0 Å². The third kappa shape index (κ3) is 2.82. The van der Waals surface area contributed by atoms with E-state index in [1.165, 1.54) is 0 Å². The molecular weight excluding hydrogens is 254 g/mol. The van der Waals surface area contributed by atoms with Gasteiger partial charge in [0.2, 0.25) is 5.91 Å². The first-order valence-electron chi connectivity index (χ1n) is 6.75. The molecule has 0 saturated carbocycles. The fourth-order valence-electron chi connectivity index (χ4n) is 2.15. The Morgan fingerprint density at radius 3 is 2.35 bits per heavy atom. The van der Waals surface area contributed by atoms with Crippen molar-refractivity contribution >= 4 is 11.8 Å². The molecule has 5 nitrogen and oxygen atoms in total. The van der Waals surface area contributed by atoms with Crippen LogP contribution in [0.1, 0.15) is 36.7 Å². The van der Waals surface area contributed by atoms with Crippen LogP contribution in [0.2, 0.25) is 0 Å². The van der Waals surface area contributed by atoms with Gasteiger partial charge < -0.3 is 16.4 Å². The minimum absolute atomic E-state index is 0.0491. The number of benzene rings is 1. The summed E-state index contributed by atoms with van der Waals surface area (Å²) < 4.78 is 0. The van der Waals surface area contributed by atoms with Gasteiger partial charge in [0.15, 0.2) is 0 Å². The number of amides is 2. The number of hydrogen-bond acceptors (Lipinski definition) is 3. The second-order valence-electron chi connectivity index (χ2n) is 6.13. The van der Waals surface area contributed by atoms with Gasteiger partial charge in [0, 0.05) is 12.1 Å². The van der Waals surface area contributed by atoms with E-state index >= 15 is 0 Å². The van der Waals surface area contributed by atoms with Crippen LogP contribution in [-0.4, -0.2) is 30.4 Å². The SMILES string of the molecule is CC(C)(C)c1ccc(C(=O)N[C@@H]2C(=O)N[C@@H]2CN)cc1. The number of hydrogen-bond donors (Lipinski definition) is 3. The molecule has 1 heterocycles. The molecule has 2 atom stereocenters. The van der Waals surface area contributed by atoms with Crippen molar-refractivity contribution in [1.82, 2.24) is 10.6 Å². The number of nitrogens with one attached hydrogen (secondary N) is 2. The Morgan fingerprint density at radius 2 is 1.90 bits per heavy atom. The predicted octanol–water partition coefficient (Wildman–Crippen LogP) is 0.540. The van der Waals surface area contributed by atoms with Gasteiger partial charge in [-0.2, -0.15) is 0 Å². The summed E-state index contributed by atoms with van der Waals surface area (Å²) in [5.74, 6) is -0.427. The van der Waals surface area contributed by atoms with Gasteiger partial charge in [0.1, 0.15) is 6.04 Å². The number of rotatable bonds is 3. The molecule has 20 heavy (non-hydrogen) atoms. The molecule has 2 rings (SSSR count). The van der Waals surface area contributed by atoms with E-state index in [4.69, 9.17) is 5.73 Å². The van der Waals surface area contributed by atoms with Crippen LogP contribution in [0.5, 0.6) is 0 Å². The van der Waals surface area contributed by atoms with Crippen LogP contribution in [-0.2, 0) is 10.2 Å². The van der Waals surface area contributed by atoms with Gasteiger partial charge in [-0.1, -0.05) is 32.9 Å². The standard InChI is InChI=1S/C15H21N3O2/c1-15(2,3)10-6-4-9(5-7-10)13(19)18-12-11(8-16)17-14(12)20/h4-7,11-12H,8,16H2,1-3H3,(H,17,20)(H,18,19)/t11-,12+/m1/s1. The molecule has 0 unspecified atom stereocenters. The average molecular weight is 275 g/mol. The molecule has 5 heteroatoms. The highest BCUT2D eigenvalue weighted by Gasteiger charge is 2.39. The van der Waals surface area contributed by atoms with Gasteiger partial charge in [-0.05, 0) is 23.1 Å². The maximum atomic E-state index is 12.1. The topological polar surface area (TPSA) is 84.2 Å². The molecule has 1 aromatic rings. The lowest BCUT2D eigenvalue weighted by Crippen LogP contribution is -2.71. The maximum Gasteiger partial charge on any atom is 0.251 e. The van der Waals surface area contributed by atoms with Crippen LogP contribution in [0, 0.1) is 0 Å². The predicted molar refractivity (Wildman–Crippen MR) is 77.4 cm³/mol. The zero-order chi connectivity index (χ0) is 14.9. The summed E-state index contributed by atoms with van der Waals surface area (Å²) in [5, 5.41) is 5.36. The van der Waals surface area contributed by atoms with E-state index in [0.717, 1.165) is 5.56 Å². The van der Waals surface area contributed by atoms with E-state index in [9.17, 15) is 9.59 Å². The number of nitrogens with two attached hydrogens (primary N) is 1. The molecule has 4 N–H and O–H groups in total. The minimum Gasteiger partial charge on any atom is -0.348 e. The fourth-order valence-corrected chi connectivity index (χ4v) is 2.15. The molecule has 0 spiro atoms. The molecule has 1 aliphatic heterocycles.